The van der Waals surface area contributed by atoms with Crippen LogP contribution in [0.3, 0.4) is 0 Å². The fourth-order valence-electron chi connectivity index (χ4n) is 2.35. The van der Waals surface area contributed by atoms with E-state index in [1.807, 2.05) is 35.3 Å². The number of aromatic nitrogens is 3. The third kappa shape index (κ3) is 2.99. The van der Waals surface area contributed by atoms with E-state index in [1.165, 1.54) is 0 Å². The molecule has 0 unspecified atom stereocenters. The third-order valence-electron chi connectivity index (χ3n) is 3.33. The average molecular weight is 345 g/mol. The summed E-state index contributed by atoms with van der Waals surface area (Å²) in [7, 11) is 0. The summed E-state index contributed by atoms with van der Waals surface area (Å²) in [6, 6.07) is 10.2. The monoisotopic (exact) mass is 344 g/mol. The molecule has 0 fully saturated rings. The Hall–Kier alpha value is -1.72. The number of hydrogen-bond acceptors (Lipinski definition) is 3. The highest BCUT2D eigenvalue weighted by atomic mass is 79.9. The summed E-state index contributed by atoms with van der Waals surface area (Å²) in [5.41, 5.74) is 3.21. The second-order valence-electron chi connectivity index (χ2n) is 4.92. The van der Waals surface area contributed by atoms with Crippen LogP contribution in [0.15, 0.2) is 47.3 Å². The van der Waals surface area contributed by atoms with Crippen molar-refractivity contribution in [2.75, 3.05) is 6.54 Å². The van der Waals surface area contributed by atoms with Crippen LogP contribution in [0, 0.1) is 0 Å². The minimum atomic E-state index is 0.794. The zero-order chi connectivity index (χ0) is 14.7. The number of nitrogens with one attached hydrogen (secondary N) is 1. The number of nitrogens with zero attached hydrogens (tertiary/aromatic N) is 3. The summed E-state index contributed by atoms with van der Waals surface area (Å²) in [5, 5.41) is 3.43. The molecule has 0 saturated heterocycles. The van der Waals surface area contributed by atoms with Gasteiger partial charge in [-0.3, -0.25) is 4.57 Å². The fraction of sp³-hybridized carbons (Fsp3) is 0.250. The van der Waals surface area contributed by atoms with Crippen LogP contribution in [0.1, 0.15) is 18.9 Å². The normalized spacial score (nSPS) is 11.1. The van der Waals surface area contributed by atoms with Crippen molar-refractivity contribution in [3.05, 3.63) is 52.9 Å². The summed E-state index contributed by atoms with van der Waals surface area (Å²) in [6.07, 6.45) is 4.78. The number of benzene rings is 1. The summed E-state index contributed by atoms with van der Waals surface area (Å²) in [5.74, 6) is 0.926. The zero-order valence-electron chi connectivity index (χ0n) is 11.9. The predicted molar refractivity (Wildman–Crippen MR) is 88.6 cm³/mol. The first-order chi connectivity index (χ1) is 10.3. The molecule has 0 amide bonds. The zero-order valence-corrected chi connectivity index (χ0v) is 13.5. The third-order valence-corrected chi connectivity index (χ3v) is 3.77. The standard InChI is InChI=1S/C16H17BrN4/c1-2-7-18-9-12-8-13(17)10-19-16(12)21-11-20-14-5-3-4-6-15(14)21/h3-6,8,10-11,18H,2,7,9H2,1H3. The van der Waals surface area contributed by atoms with Crippen LogP contribution in [0.2, 0.25) is 0 Å². The van der Waals surface area contributed by atoms with Crippen molar-refractivity contribution in [1.29, 1.82) is 0 Å². The molecule has 0 aliphatic carbocycles. The molecule has 0 spiro atoms. The Kier molecular flexibility index (Phi) is 4.31. The predicted octanol–water partition coefficient (Wildman–Crippen LogP) is 3.68. The van der Waals surface area contributed by atoms with Crippen molar-refractivity contribution in [2.24, 2.45) is 0 Å². The van der Waals surface area contributed by atoms with Crippen LogP contribution < -0.4 is 5.32 Å². The van der Waals surface area contributed by atoms with Crippen LogP contribution in [0.5, 0.6) is 0 Å². The fourth-order valence-corrected chi connectivity index (χ4v) is 2.73. The molecule has 1 aromatic carbocycles. The number of pyridine rings is 1. The van der Waals surface area contributed by atoms with Gasteiger partial charge >= 0.3 is 0 Å². The molecule has 108 valence electrons. The lowest BCUT2D eigenvalue weighted by atomic mass is 10.2. The first-order valence-corrected chi connectivity index (χ1v) is 7.86. The molecule has 0 bridgehead atoms. The second-order valence-corrected chi connectivity index (χ2v) is 5.83. The van der Waals surface area contributed by atoms with E-state index in [0.29, 0.717) is 0 Å². The lowest BCUT2D eigenvalue weighted by Gasteiger charge is -2.11. The van der Waals surface area contributed by atoms with Crippen molar-refractivity contribution >= 4 is 27.0 Å². The van der Waals surface area contributed by atoms with Gasteiger partial charge < -0.3 is 5.32 Å². The summed E-state index contributed by atoms with van der Waals surface area (Å²) in [6.45, 7) is 3.95. The van der Waals surface area contributed by atoms with Gasteiger partial charge in [-0.05, 0) is 47.1 Å². The molecule has 4 nitrogen and oxygen atoms in total. The first-order valence-electron chi connectivity index (χ1n) is 7.07. The molecular formula is C16H17BrN4. The Labute approximate surface area is 132 Å². The van der Waals surface area contributed by atoms with E-state index in [-0.39, 0.29) is 0 Å². The van der Waals surface area contributed by atoms with Gasteiger partial charge in [0.05, 0.1) is 11.0 Å². The van der Waals surface area contributed by atoms with Gasteiger partial charge in [0, 0.05) is 22.8 Å². The Bertz CT molecular complexity index is 751. The Morgan fingerprint density at radius 2 is 2.10 bits per heavy atom. The van der Waals surface area contributed by atoms with E-state index in [1.54, 1.807) is 0 Å². The van der Waals surface area contributed by atoms with Gasteiger partial charge in [-0.2, -0.15) is 0 Å². The number of imidazole rings is 1. The van der Waals surface area contributed by atoms with E-state index in [2.05, 4.69) is 50.3 Å². The quantitative estimate of drug-likeness (QED) is 0.718. The number of fused-ring (bicyclic) bond motifs is 1. The molecule has 0 radical (unpaired) electrons. The largest absolute Gasteiger partial charge is 0.313 e. The lowest BCUT2D eigenvalue weighted by molar-refractivity contribution is 0.670. The molecule has 1 N–H and O–H groups in total. The Morgan fingerprint density at radius 1 is 1.24 bits per heavy atom. The maximum Gasteiger partial charge on any atom is 0.142 e. The van der Waals surface area contributed by atoms with Crippen LogP contribution >= 0.6 is 15.9 Å². The van der Waals surface area contributed by atoms with Gasteiger partial charge in [-0.1, -0.05) is 19.1 Å². The van der Waals surface area contributed by atoms with E-state index < -0.39 is 0 Å². The summed E-state index contributed by atoms with van der Waals surface area (Å²) < 4.78 is 3.04. The summed E-state index contributed by atoms with van der Waals surface area (Å²) in [4.78, 5) is 9.03. The minimum absolute atomic E-state index is 0.794. The van der Waals surface area contributed by atoms with E-state index in [4.69, 9.17) is 0 Å². The maximum atomic E-state index is 4.59. The molecule has 0 aliphatic rings. The molecule has 21 heavy (non-hydrogen) atoms. The van der Waals surface area contributed by atoms with Crippen LogP contribution in [-0.2, 0) is 6.54 Å². The highest BCUT2D eigenvalue weighted by Crippen LogP contribution is 2.21. The Morgan fingerprint density at radius 3 is 2.95 bits per heavy atom. The first kappa shape index (κ1) is 14.2. The minimum Gasteiger partial charge on any atom is -0.313 e. The number of para-hydroxylation sites is 2. The van der Waals surface area contributed by atoms with Crippen molar-refractivity contribution < 1.29 is 0 Å². The van der Waals surface area contributed by atoms with E-state index in [9.17, 15) is 0 Å². The number of hydrogen-bond donors (Lipinski definition) is 1. The smallest absolute Gasteiger partial charge is 0.142 e. The van der Waals surface area contributed by atoms with E-state index in [0.717, 1.165) is 46.4 Å². The molecule has 2 heterocycles. The van der Waals surface area contributed by atoms with Crippen LogP contribution in [0.4, 0.5) is 0 Å². The van der Waals surface area contributed by atoms with Crippen LogP contribution in [-0.4, -0.2) is 21.1 Å². The van der Waals surface area contributed by atoms with Crippen LogP contribution in [0.25, 0.3) is 16.9 Å². The van der Waals surface area contributed by atoms with Crippen molar-refractivity contribution in [3.63, 3.8) is 0 Å². The van der Waals surface area contributed by atoms with Gasteiger partial charge in [-0.25, -0.2) is 9.97 Å². The molecule has 2 aromatic heterocycles. The van der Waals surface area contributed by atoms with Gasteiger partial charge in [0.15, 0.2) is 0 Å². The second kappa shape index (κ2) is 6.37. The highest BCUT2D eigenvalue weighted by molar-refractivity contribution is 9.10. The van der Waals surface area contributed by atoms with Gasteiger partial charge in [0.2, 0.25) is 0 Å². The van der Waals surface area contributed by atoms with Crippen molar-refractivity contribution in [2.45, 2.75) is 19.9 Å². The molecule has 3 aromatic rings. The molecule has 0 aliphatic heterocycles. The molecule has 3 rings (SSSR count). The van der Waals surface area contributed by atoms with Crippen molar-refractivity contribution in [3.8, 4) is 5.82 Å². The summed E-state index contributed by atoms with van der Waals surface area (Å²) >= 11 is 3.50. The number of rotatable bonds is 5. The average Bonchev–Trinajstić information content (AvgIpc) is 2.92. The Balaban J connectivity index is 2.04. The van der Waals surface area contributed by atoms with Gasteiger partial charge in [0.25, 0.3) is 0 Å². The van der Waals surface area contributed by atoms with Crippen molar-refractivity contribution in [1.82, 2.24) is 19.9 Å². The molecular weight excluding hydrogens is 328 g/mol. The molecule has 0 atom stereocenters. The lowest BCUT2D eigenvalue weighted by Crippen LogP contribution is -2.16. The SMILES string of the molecule is CCCNCc1cc(Br)cnc1-n1cnc2ccccc21. The molecule has 5 heteroatoms. The number of halogens is 1. The molecule has 0 saturated carbocycles. The van der Waals surface area contributed by atoms with Gasteiger partial charge in [0.1, 0.15) is 12.1 Å². The van der Waals surface area contributed by atoms with E-state index >= 15 is 0 Å². The highest BCUT2D eigenvalue weighted by Gasteiger charge is 2.10. The maximum absolute atomic E-state index is 4.59. The van der Waals surface area contributed by atoms with Gasteiger partial charge in [-0.15, -0.1) is 0 Å². The topological polar surface area (TPSA) is 42.7 Å².